The second-order valence-corrected chi connectivity index (χ2v) is 6.10. The highest BCUT2D eigenvalue weighted by Gasteiger charge is 2.07. The van der Waals surface area contributed by atoms with Crippen molar-refractivity contribution in [3.05, 3.63) is 95.9 Å². The molecule has 3 heteroatoms. The molecule has 0 aliphatic heterocycles. The summed E-state index contributed by atoms with van der Waals surface area (Å²) >= 11 is 0. The first kappa shape index (κ1) is 15.5. The summed E-state index contributed by atoms with van der Waals surface area (Å²) in [6, 6.07) is 20.9. The zero-order valence-electron chi connectivity index (χ0n) is 13.8. The van der Waals surface area contributed by atoms with Crippen molar-refractivity contribution >= 4 is 10.8 Å². The van der Waals surface area contributed by atoms with Crippen LogP contribution in [0.1, 0.15) is 16.7 Å². The molecule has 0 radical (unpaired) electrons. The number of fused-ring (bicyclic) bond motifs is 1. The molecule has 0 saturated heterocycles. The van der Waals surface area contributed by atoms with Crippen LogP contribution in [0.3, 0.4) is 0 Å². The Morgan fingerprint density at radius 1 is 0.800 bits per heavy atom. The maximum Gasteiger partial charge on any atom is 0.0723 e. The Morgan fingerprint density at radius 2 is 1.64 bits per heavy atom. The molecule has 4 rings (SSSR count). The van der Waals surface area contributed by atoms with E-state index < -0.39 is 0 Å². The van der Waals surface area contributed by atoms with Crippen LogP contribution < -0.4 is 0 Å². The molecular formula is C22H18N2O. The Morgan fingerprint density at radius 3 is 2.52 bits per heavy atom. The summed E-state index contributed by atoms with van der Waals surface area (Å²) in [7, 11) is 0. The summed E-state index contributed by atoms with van der Waals surface area (Å²) < 4.78 is 0. The van der Waals surface area contributed by atoms with Crippen molar-refractivity contribution in [3.63, 3.8) is 0 Å². The minimum Gasteiger partial charge on any atom is -0.392 e. The third-order valence-electron chi connectivity index (χ3n) is 4.40. The molecule has 0 fully saturated rings. The zero-order valence-corrected chi connectivity index (χ0v) is 13.8. The largest absolute Gasteiger partial charge is 0.392 e. The summed E-state index contributed by atoms with van der Waals surface area (Å²) in [5, 5.41) is 12.0. The fourth-order valence-corrected chi connectivity index (χ4v) is 3.11. The maximum absolute atomic E-state index is 9.53. The standard InChI is InChI=1S/C22H18N2O/c25-15-20-8-9-23-14-21(20)22-13-17(7-10-24-22)11-16-5-6-18-3-1-2-4-19(18)12-16/h1-10,12-14,25H,11,15H2. The Kier molecular flexibility index (Phi) is 4.23. The van der Waals surface area contributed by atoms with E-state index in [1.54, 1.807) is 12.4 Å². The van der Waals surface area contributed by atoms with Crippen LogP contribution in [-0.2, 0) is 13.0 Å². The monoisotopic (exact) mass is 326 g/mol. The minimum atomic E-state index is -0.0194. The average molecular weight is 326 g/mol. The quantitative estimate of drug-likeness (QED) is 0.605. The Labute approximate surface area is 146 Å². The molecule has 2 aromatic carbocycles. The predicted molar refractivity (Wildman–Crippen MR) is 100 cm³/mol. The Hall–Kier alpha value is -3.04. The van der Waals surface area contributed by atoms with Gasteiger partial charge in [-0.15, -0.1) is 0 Å². The van der Waals surface area contributed by atoms with Gasteiger partial charge in [0.2, 0.25) is 0 Å². The highest BCUT2D eigenvalue weighted by Crippen LogP contribution is 2.23. The minimum absolute atomic E-state index is 0.0194. The van der Waals surface area contributed by atoms with E-state index in [0.29, 0.717) is 0 Å². The molecule has 0 saturated carbocycles. The van der Waals surface area contributed by atoms with Crippen molar-refractivity contribution in [1.29, 1.82) is 0 Å². The Balaban J connectivity index is 1.67. The highest BCUT2D eigenvalue weighted by molar-refractivity contribution is 5.83. The van der Waals surface area contributed by atoms with E-state index in [0.717, 1.165) is 23.2 Å². The first-order valence-corrected chi connectivity index (χ1v) is 8.30. The average Bonchev–Trinajstić information content (AvgIpc) is 2.68. The molecule has 0 aliphatic rings. The lowest BCUT2D eigenvalue weighted by Crippen LogP contribution is -1.95. The molecule has 0 spiro atoms. The number of hydrogen-bond acceptors (Lipinski definition) is 3. The van der Waals surface area contributed by atoms with E-state index in [2.05, 4.69) is 58.5 Å². The first-order valence-electron chi connectivity index (χ1n) is 8.30. The lowest BCUT2D eigenvalue weighted by molar-refractivity contribution is 0.282. The van der Waals surface area contributed by atoms with Crippen molar-refractivity contribution in [3.8, 4) is 11.3 Å². The number of nitrogens with zero attached hydrogens (tertiary/aromatic N) is 2. The smallest absolute Gasteiger partial charge is 0.0723 e. The van der Waals surface area contributed by atoms with E-state index in [1.807, 2.05) is 18.3 Å². The van der Waals surface area contributed by atoms with Gasteiger partial charge in [-0.1, -0.05) is 42.5 Å². The van der Waals surface area contributed by atoms with Gasteiger partial charge in [0.05, 0.1) is 12.3 Å². The van der Waals surface area contributed by atoms with Crippen LogP contribution >= 0.6 is 0 Å². The van der Waals surface area contributed by atoms with Gasteiger partial charge >= 0.3 is 0 Å². The molecule has 4 aromatic rings. The van der Waals surface area contributed by atoms with Crippen LogP contribution in [-0.4, -0.2) is 15.1 Å². The van der Waals surface area contributed by atoms with Crippen molar-refractivity contribution < 1.29 is 5.11 Å². The van der Waals surface area contributed by atoms with Gasteiger partial charge in [-0.05, 0) is 52.1 Å². The highest BCUT2D eigenvalue weighted by atomic mass is 16.3. The third-order valence-corrected chi connectivity index (χ3v) is 4.40. The number of aliphatic hydroxyl groups is 1. The van der Waals surface area contributed by atoms with Gasteiger partial charge in [0.25, 0.3) is 0 Å². The van der Waals surface area contributed by atoms with Crippen LogP contribution in [0, 0.1) is 0 Å². The fraction of sp³-hybridized carbons (Fsp3) is 0.0909. The van der Waals surface area contributed by atoms with Crippen molar-refractivity contribution in [2.75, 3.05) is 0 Å². The normalized spacial score (nSPS) is 10.9. The summed E-state index contributed by atoms with van der Waals surface area (Å²) in [5.41, 5.74) is 5.02. The van der Waals surface area contributed by atoms with E-state index in [9.17, 15) is 5.11 Å². The SMILES string of the molecule is OCc1ccncc1-c1cc(Cc2ccc3ccccc3c2)ccn1. The van der Waals surface area contributed by atoms with E-state index >= 15 is 0 Å². The van der Waals surface area contributed by atoms with Gasteiger partial charge in [-0.3, -0.25) is 9.97 Å². The molecule has 2 heterocycles. The predicted octanol–water partition coefficient (Wildman–Crippen LogP) is 4.38. The lowest BCUT2D eigenvalue weighted by Gasteiger charge is -2.09. The number of rotatable bonds is 4. The number of aliphatic hydroxyl groups excluding tert-OH is 1. The second kappa shape index (κ2) is 6.83. The lowest BCUT2D eigenvalue weighted by atomic mass is 10.00. The number of benzene rings is 2. The van der Waals surface area contributed by atoms with Crippen LogP contribution in [0.2, 0.25) is 0 Å². The molecule has 0 atom stereocenters. The molecule has 1 N–H and O–H groups in total. The molecule has 0 aliphatic carbocycles. The van der Waals surface area contributed by atoms with E-state index in [4.69, 9.17) is 0 Å². The molecule has 0 unspecified atom stereocenters. The summed E-state index contributed by atoms with van der Waals surface area (Å²) in [5.74, 6) is 0. The van der Waals surface area contributed by atoms with Gasteiger partial charge in [-0.2, -0.15) is 0 Å². The topological polar surface area (TPSA) is 46.0 Å². The molecular weight excluding hydrogens is 308 g/mol. The van der Waals surface area contributed by atoms with Crippen molar-refractivity contribution in [1.82, 2.24) is 9.97 Å². The van der Waals surface area contributed by atoms with Gasteiger partial charge in [0.15, 0.2) is 0 Å². The number of aromatic nitrogens is 2. The molecule has 2 aromatic heterocycles. The molecule has 3 nitrogen and oxygen atoms in total. The molecule has 122 valence electrons. The zero-order chi connectivity index (χ0) is 17.1. The van der Waals surface area contributed by atoms with Gasteiger partial charge in [0, 0.05) is 24.2 Å². The number of hydrogen-bond donors (Lipinski definition) is 1. The van der Waals surface area contributed by atoms with Crippen molar-refractivity contribution in [2.45, 2.75) is 13.0 Å². The van der Waals surface area contributed by atoms with Crippen molar-refractivity contribution in [2.24, 2.45) is 0 Å². The number of pyridine rings is 2. The summed E-state index contributed by atoms with van der Waals surface area (Å²) in [6.07, 6.45) is 6.11. The molecule has 0 amide bonds. The fourth-order valence-electron chi connectivity index (χ4n) is 3.11. The second-order valence-electron chi connectivity index (χ2n) is 6.10. The van der Waals surface area contributed by atoms with Crippen LogP contribution in [0.15, 0.2) is 79.3 Å². The molecule has 0 bridgehead atoms. The van der Waals surface area contributed by atoms with E-state index in [1.165, 1.54) is 21.9 Å². The summed E-state index contributed by atoms with van der Waals surface area (Å²) in [6.45, 7) is -0.0194. The van der Waals surface area contributed by atoms with Crippen LogP contribution in [0.5, 0.6) is 0 Å². The molecule has 25 heavy (non-hydrogen) atoms. The maximum atomic E-state index is 9.53. The summed E-state index contributed by atoms with van der Waals surface area (Å²) in [4.78, 5) is 8.63. The van der Waals surface area contributed by atoms with Gasteiger partial charge < -0.3 is 5.11 Å². The van der Waals surface area contributed by atoms with Gasteiger partial charge in [-0.25, -0.2) is 0 Å². The third kappa shape index (κ3) is 3.28. The van der Waals surface area contributed by atoms with Crippen LogP contribution in [0.25, 0.3) is 22.0 Å². The van der Waals surface area contributed by atoms with Crippen LogP contribution in [0.4, 0.5) is 0 Å². The Bertz CT molecular complexity index is 1030. The van der Waals surface area contributed by atoms with E-state index in [-0.39, 0.29) is 6.61 Å². The first-order chi connectivity index (χ1) is 12.3. The van der Waals surface area contributed by atoms with Gasteiger partial charge in [0.1, 0.15) is 0 Å².